The zero-order valence-electron chi connectivity index (χ0n) is 16.0. The number of hydrogen-bond donors (Lipinski definition) is 0. The Hall–Kier alpha value is -2.60. The first kappa shape index (κ1) is 20.7. The zero-order chi connectivity index (χ0) is 21.1. The van der Waals surface area contributed by atoms with E-state index < -0.39 is 0 Å². The number of aryl methyl sites for hydroxylation is 1. The van der Waals surface area contributed by atoms with Gasteiger partial charge in [-0.25, -0.2) is 0 Å². The number of halogens is 2. The minimum Gasteiger partial charge on any atom is -0.293 e. The lowest BCUT2D eigenvalue weighted by molar-refractivity contribution is 0.102. The maximum Gasteiger partial charge on any atom is 0.196 e. The van der Waals surface area contributed by atoms with Gasteiger partial charge in [0.15, 0.2) is 16.8 Å². The highest BCUT2D eigenvalue weighted by molar-refractivity contribution is 7.99. The van der Waals surface area contributed by atoms with Gasteiger partial charge in [-0.1, -0.05) is 83.0 Å². The van der Waals surface area contributed by atoms with E-state index in [1.807, 2.05) is 66.1 Å². The molecule has 4 nitrogen and oxygen atoms in total. The van der Waals surface area contributed by atoms with Crippen LogP contribution in [0.15, 0.2) is 78.0 Å². The summed E-state index contributed by atoms with van der Waals surface area (Å²) in [6, 6.07) is 22.9. The van der Waals surface area contributed by atoms with Gasteiger partial charge in [-0.05, 0) is 37.3 Å². The molecule has 30 heavy (non-hydrogen) atoms. The Bertz CT molecular complexity index is 1190. The molecule has 0 aliphatic heterocycles. The third-order valence-electron chi connectivity index (χ3n) is 4.52. The van der Waals surface area contributed by atoms with Crippen LogP contribution >= 0.6 is 35.0 Å². The van der Waals surface area contributed by atoms with E-state index in [2.05, 4.69) is 10.2 Å². The van der Waals surface area contributed by atoms with Crippen molar-refractivity contribution >= 4 is 40.7 Å². The van der Waals surface area contributed by atoms with E-state index in [0.717, 1.165) is 17.1 Å². The second kappa shape index (κ2) is 9.04. The molecule has 0 unspecified atom stereocenters. The molecule has 3 aromatic carbocycles. The summed E-state index contributed by atoms with van der Waals surface area (Å²) in [5.41, 5.74) is 3.50. The summed E-state index contributed by atoms with van der Waals surface area (Å²) in [5, 5.41) is 10.2. The fourth-order valence-electron chi connectivity index (χ4n) is 2.99. The topological polar surface area (TPSA) is 47.8 Å². The summed E-state index contributed by atoms with van der Waals surface area (Å²) in [6.07, 6.45) is 0. The first-order valence-corrected chi connectivity index (χ1v) is 11.0. The fourth-order valence-corrected chi connectivity index (χ4v) is 4.34. The number of para-hydroxylation sites is 1. The van der Waals surface area contributed by atoms with Crippen LogP contribution in [0.2, 0.25) is 10.0 Å². The van der Waals surface area contributed by atoms with Crippen molar-refractivity contribution in [1.82, 2.24) is 14.8 Å². The molecule has 1 heterocycles. The molecule has 0 N–H and O–H groups in total. The molecule has 0 bridgehead atoms. The quantitative estimate of drug-likeness (QED) is 0.246. The molecule has 0 fully saturated rings. The van der Waals surface area contributed by atoms with Gasteiger partial charge in [-0.3, -0.25) is 9.36 Å². The van der Waals surface area contributed by atoms with Crippen LogP contribution in [-0.4, -0.2) is 26.3 Å². The van der Waals surface area contributed by atoms with Crippen molar-refractivity contribution in [3.8, 4) is 17.1 Å². The lowest BCUT2D eigenvalue weighted by atomic mass is 10.1. The van der Waals surface area contributed by atoms with Gasteiger partial charge < -0.3 is 0 Å². The molecule has 4 aromatic rings. The number of Topliss-reactive ketones (excluding diaryl/α,β-unsaturated/α-hetero) is 1. The monoisotopic (exact) mass is 453 g/mol. The Kier molecular flexibility index (Phi) is 6.23. The minimum atomic E-state index is -0.0961. The van der Waals surface area contributed by atoms with Gasteiger partial charge in [0.2, 0.25) is 0 Å². The van der Waals surface area contributed by atoms with Crippen molar-refractivity contribution in [2.45, 2.75) is 12.1 Å². The highest BCUT2D eigenvalue weighted by atomic mass is 35.5. The van der Waals surface area contributed by atoms with Gasteiger partial charge in [0, 0.05) is 21.8 Å². The average molecular weight is 454 g/mol. The lowest BCUT2D eigenvalue weighted by Gasteiger charge is -2.10. The van der Waals surface area contributed by atoms with Gasteiger partial charge in [-0.2, -0.15) is 0 Å². The number of carbonyl (C=O) groups is 1. The van der Waals surface area contributed by atoms with E-state index in [9.17, 15) is 4.79 Å². The molecule has 0 saturated heterocycles. The van der Waals surface area contributed by atoms with Crippen LogP contribution < -0.4 is 0 Å². The molecule has 0 spiro atoms. The summed E-state index contributed by atoms with van der Waals surface area (Å²) in [7, 11) is 0. The van der Waals surface area contributed by atoms with Gasteiger partial charge in [-0.15, -0.1) is 10.2 Å². The minimum absolute atomic E-state index is 0.0961. The predicted molar refractivity (Wildman–Crippen MR) is 123 cm³/mol. The number of ketones is 1. The summed E-state index contributed by atoms with van der Waals surface area (Å²) in [6.45, 7) is 2.04. The van der Waals surface area contributed by atoms with Crippen molar-refractivity contribution in [3.63, 3.8) is 0 Å². The maximum absolute atomic E-state index is 12.7. The first-order valence-electron chi connectivity index (χ1n) is 9.22. The summed E-state index contributed by atoms with van der Waals surface area (Å²) >= 11 is 13.4. The largest absolute Gasteiger partial charge is 0.293 e. The first-order chi connectivity index (χ1) is 14.5. The fraction of sp³-hybridized carbons (Fsp3) is 0.0870. The van der Waals surface area contributed by atoms with Crippen molar-refractivity contribution < 1.29 is 4.79 Å². The molecule has 0 aliphatic carbocycles. The van der Waals surface area contributed by atoms with E-state index in [1.54, 1.807) is 18.2 Å². The highest BCUT2D eigenvalue weighted by Gasteiger charge is 2.18. The van der Waals surface area contributed by atoms with E-state index >= 15 is 0 Å². The number of hydrogen-bond acceptors (Lipinski definition) is 4. The van der Waals surface area contributed by atoms with Gasteiger partial charge in [0.25, 0.3) is 0 Å². The van der Waals surface area contributed by atoms with Gasteiger partial charge >= 0.3 is 0 Å². The van der Waals surface area contributed by atoms with E-state index in [4.69, 9.17) is 23.2 Å². The Labute approximate surface area is 188 Å². The predicted octanol–water partition coefficient (Wildman–Crippen LogP) is 6.52. The average Bonchev–Trinajstić information content (AvgIpc) is 3.17. The number of rotatable bonds is 6. The third kappa shape index (κ3) is 4.43. The Morgan fingerprint density at radius 2 is 1.70 bits per heavy atom. The Morgan fingerprint density at radius 3 is 2.40 bits per heavy atom. The van der Waals surface area contributed by atoms with Crippen molar-refractivity contribution in [2.75, 3.05) is 5.75 Å². The summed E-state index contributed by atoms with van der Waals surface area (Å²) in [5.74, 6) is 0.807. The smallest absolute Gasteiger partial charge is 0.196 e. The highest BCUT2D eigenvalue weighted by Crippen LogP contribution is 2.29. The van der Waals surface area contributed by atoms with Gasteiger partial charge in [0.05, 0.1) is 10.8 Å². The van der Waals surface area contributed by atoms with Crippen molar-refractivity contribution in [1.29, 1.82) is 0 Å². The number of thioether (sulfide) groups is 1. The maximum atomic E-state index is 12.7. The standard InChI is InChI=1S/C23H17Cl2N3OS/c1-15-7-9-16(10-8-15)22-26-27-23(28(22)18-5-3-2-4-6-18)30-14-21(29)19-12-11-17(24)13-20(19)25/h2-13H,14H2,1H3. The summed E-state index contributed by atoms with van der Waals surface area (Å²) < 4.78 is 1.96. The molecular weight excluding hydrogens is 437 g/mol. The molecule has 0 atom stereocenters. The number of aromatic nitrogens is 3. The molecule has 0 radical (unpaired) electrons. The number of benzene rings is 3. The lowest BCUT2D eigenvalue weighted by Crippen LogP contribution is -2.05. The van der Waals surface area contributed by atoms with Crippen LogP contribution in [0.1, 0.15) is 15.9 Å². The van der Waals surface area contributed by atoms with E-state index in [0.29, 0.717) is 20.8 Å². The molecule has 1 aromatic heterocycles. The molecule has 4 rings (SSSR count). The molecule has 7 heteroatoms. The molecule has 0 saturated carbocycles. The third-order valence-corrected chi connectivity index (χ3v) is 6.00. The van der Waals surface area contributed by atoms with Gasteiger partial charge in [0.1, 0.15) is 0 Å². The second-order valence-electron chi connectivity index (χ2n) is 6.68. The van der Waals surface area contributed by atoms with E-state index in [1.165, 1.54) is 17.3 Å². The van der Waals surface area contributed by atoms with Crippen LogP contribution in [-0.2, 0) is 0 Å². The van der Waals surface area contributed by atoms with Crippen LogP contribution in [0.25, 0.3) is 17.1 Å². The van der Waals surface area contributed by atoms with E-state index in [-0.39, 0.29) is 11.5 Å². The second-order valence-corrected chi connectivity index (χ2v) is 8.47. The van der Waals surface area contributed by atoms with Crippen molar-refractivity contribution in [2.24, 2.45) is 0 Å². The van der Waals surface area contributed by atoms with Crippen LogP contribution in [0, 0.1) is 6.92 Å². The SMILES string of the molecule is Cc1ccc(-c2nnc(SCC(=O)c3ccc(Cl)cc3Cl)n2-c2ccccc2)cc1. The number of nitrogens with zero attached hydrogens (tertiary/aromatic N) is 3. The Morgan fingerprint density at radius 1 is 0.967 bits per heavy atom. The van der Waals surface area contributed by atoms with Crippen LogP contribution in [0.3, 0.4) is 0 Å². The van der Waals surface area contributed by atoms with Crippen molar-refractivity contribution in [3.05, 3.63) is 94.0 Å². The molecule has 0 aliphatic rings. The molecule has 0 amide bonds. The molecular formula is C23H17Cl2N3OS. The van der Waals surface area contributed by atoms with Crippen LogP contribution in [0.5, 0.6) is 0 Å². The summed E-state index contributed by atoms with van der Waals surface area (Å²) in [4.78, 5) is 12.7. The number of carbonyl (C=O) groups excluding carboxylic acids is 1. The zero-order valence-corrected chi connectivity index (χ0v) is 18.4. The molecule has 150 valence electrons. The van der Waals surface area contributed by atoms with Crippen LogP contribution in [0.4, 0.5) is 0 Å². The Balaban J connectivity index is 1.66. The normalized spacial score (nSPS) is 10.9.